The fourth-order valence-corrected chi connectivity index (χ4v) is 1.79. The Morgan fingerprint density at radius 1 is 1.00 bits per heavy atom. The first-order valence-electron chi connectivity index (χ1n) is 3.97. The highest BCUT2D eigenvalue weighted by Gasteiger charge is 2.30. The van der Waals surface area contributed by atoms with E-state index in [1.807, 2.05) is 13.8 Å². The van der Waals surface area contributed by atoms with Crippen LogP contribution in [0.1, 0.15) is 26.7 Å². The van der Waals surface area contributed by atoms with Gasteiger partial charge >= 0.3 is 0 Å². The largest absolute Gasteiger partial charge is 0.393 e. The maximum absolute atomic E-state index is 9.45. The van der Waals surface area contributed by atoms with E-state index in [-0.39, 0.29) is 24.0 Å². The smallest absolute Gasteiger partial charge is 0.0593 e. The van der Waals surface area contributed by atoms with Gasteiger partial charge < -0.3 is 10.2 Å². The van der Waals surface area contributed by atoms with Crippen molar-refractivity contribution >= 4 is 0 Å². The van der Waals surface area contributed by atoms with Gasteiger partial charge in [0.2, 0.25) is 0 Å². The van der Waals surface area contributed by atoms with Crippen LogP contribution in [0, 0.1) is 11.8 Å². The molecule has 1 fully saturated rings. The molecule has 1 aliphatic rings. The van der Waals surface area contributed by atoms with Crippen molar-refractivity contribution in [3.05, 3.63) is 0 Å². The van der Waals surface area contributed by atoms with E-state index in [2.05, 4.69) is 0 Å². The average Bonchev–Trinajstić information content (AvgIpc) is 1.82. The van der Waals surface area contributed by atoms with Crippen LogP contribution >= 0.6 is 0 Å². The van der Waals surface area contributed by atoms with Gasteiger partial charge in [-0.05, 0) is 24.7 Å². The van der Waals surface area contributed by atoms with Crippen LogP contribution in [0.4, 0.5) is 0 Å². The molecule has 0 radical (unpaired) electrons. The molecule has 10 heavy (non-hydrogen) atoms. The van der Waals surface area contributed by atoms with Gasteiger partial charge in [-0.25, -0.2) is 0 Å². The van der Waals surface area contributed by atoms with Crippen molar-refractivity contribution in [2.24, 2.45) is 11.8 Å². The van der Waals surface area contributed by atoms with E-state index in [0.717, 1.165) is 12.8 Å². The lowest BCUT2D eigenvalue weighted by Gasteiger charge is -2.33. The first kappa shape index (κ1) is 8.02. The Balaban J connectivity index is 2.49. The third-order valence-electron chi connectivity index (χ3n) is 2.45. The molecule has 0 unspecified atom stereocenters. The molecule has 2 N–H and O–H groups in total. The van der Waals surface area contributed by atoms with Crippen LogP contribution in [0.15, 0.2) is 0 Å². The predicted molar refractivity (Wildman–Crippen MR) is 39.6 cm³/mol. The molecule has 0 saturated heterocycles. The number of hydrogen-bond acceptors (Lipinski definition) is 2. The Labute approximate surface area is 61.9 Å². The van der Waals surface area contributed by atoms with Gasteiger partial charge in [0, 0.05) is 0 Å². The molecule has 0 aromatic carbocycles. The van der Waals surface area contributed by atoms with Crippen molar-refractivity contribution in [3.8, 4) is 0 Å². The minimum absolute atomic E-state index is 0.187. The standard InChI is InChI=1S/C8H16O2/c1-5-3-7(9)4-6(2)8(5)10/h5-10H,3-4H2,1-2H3/t5-,6-,7?,8?/m1/s1. The van der Waals surface area contributed by atoms with Gasteiger partial charge in [0.05, 0.1) is 12.2 Å². The van der Waals surface area contributed by atoms with Crippen LogP contribution in [0.2, 0.25) is 0 Å². The fourth-order valence-electron chi connectivity index (χ4n) is 1.79. The van der Waals surface area contributed by atoms with E-state index in [0.29, 0.717) is 0 Å². The molecule has 1 aliphatic carbocycles. The summed E-state index contributed by atoms with van der Waals surface area (Å²) >= 11 is 0. The molecule has 2 atom stereocenters. The zero-order valence-electron chi connectivity index (χ0n) is 6.62. The summed E-state index contributed by atoms with van der Waals surface area (Å²) in [5.74, 6) is 0.525. The van der Waals surface area contributed by atoms with Gasteiger partial charge in [-0.1, -0.05) is 13.8 Å². The van der Waals surface area contributed by atoms with Gasteiger partial charge in [-0.3, -0.25) is 0 Å². The van der Waals surface area contributed by atoms with Gasteiger partial charge in [0.1, 0.15) is 0 Å². The summed E-state index contributed by atoms with van der Waals surface area (Å²) in [5.41, 5.74) is 0. The summed E-state index contributed by atoms with van der Waals surface area (Å²) in [6.45, 7) is 3.98. The van der Waals surface area contributed by atoms with Crippen LogP contribution in [0.3, 0.4) is 0 Å². The highest BCUT2D eigenvalue weighted by molar-refractivity contribution is 4.81. The van der Waals surface area contributed by atoms with E-state index in [9.17, 15) is 10.2 Å². The molecule has 60 valence electrons. The molecule has 0 aromatic heterocycles. The molecule has 0 amide bonds. The monoisotopic (exact) mass is 144 g/mol. The molecular formula is C8H16O2. The summed E-state index contributed by atoms with van der Waals surface area (Å²) in [4.78, 5) is 0. The molecule has 1 rings (SSSR count). The quantitative estimate of drug-likeness (QED) is 0.527. The third kappa shape index (κ3) is 1.50. The van der Waals surface area contributed by atoms with Crippen molar-refractivity contribution in [2.75, 3.05) is 0 Å². The second-order valence-corrected chi connectivity index (χ2v) is 3.57. The van der Waals surface area contributed by atoms with Crippen LogP contribution in [0.5, 0.6) is 0 Å². The van der Waals surface area contributed by atoms with Crippen molar-refractivity contribution in [1.82, 2.24) is 0 Å². The van der Waals surface area contributed by atoms with Crippen molar-refractivity contribution < 1.29 is 10.2 Å². The maximum atomic E-state index is 9.45. The molecular weight excluding hydrogens is 128 g/mol. The summed E-state index contributed by atoms with van der Waals surface area (Å²) < 4.78 is 0. The van der Waals surface area contributed by atoms with Crippen molar-refractivity contribution in [3.63, 3.8) is 0 Å². The van der Waals surface area contributed by atoms with Gasteiger partial charge in [-0.2, -0.15) is 0 Å². The normalized spacial score (nSPS) is 49.2. The zero-order chi connectivity index (χ0) is 7.72. The van der Waals surface area contributed by atoms with Crippen LogP contribution in [-0.4, -0.2) is 22.4 Å². The topological polar surface area (TPSA) is 40.5 Å². The molecule has 0 aliphatic heterocycles. The number of aliphatic hydroxyl groups is 2. The van der Waals surface area contributed by atoms with Gasteiger partial charge in [-0.15, -0.1) is 0 Å². The second-order valence-electron chi connectivity index (χ2n) is 3.57. The predicted octanol–water partition coefficient (Wildman–Crippen LogP) is 0.774. The summed E-state index contributed by atoms with van der Waals surface area (Å²) in [6.07, 6.45) is 1.12. The highest BCUT2D eigenvalue weighted by atomic mass is 16.3. The summed E-state index contributed by atoms with van der Waals surface area (Å²) in [5, 5.41) is 18.7. The third-order valence-corrected chi connectivity index (χ3v) is 2.45. The van der Waals surface area contributed by atoms with E-state index < -0.39 is 0 Å². The Morgan fingerprint density at radius 2 is 1.40 bits per heavy atom. The van der Waals surface area contributed by atoms with Crippen molar-refractivity contribution in [1.29, 1.82) is 0 Å². The summed E-state index contributed by atoms with van der Waals surface area (Å²) in [6, 6.07) is 0. The molecule has 0 heterocycles. The molecule has 1 saturated carbocycles. The zero-order valence-corrected chi connectivity index (χ0v) is 6.62. The molecule has 0 bridgehead atoms. The Kier molecular flexibility index (Phi) is 2.32. The average molecular weight is 144 g/mol. The lowest BCUT2D eigenvalue weighted by atomic mass is 9.79. The first-order chi connectivity index (χ1) is 4.61. The second kappa shape index (κ2) is 2.89. The molecule has 0 spiro atoms. The van der Waals surface area contributed by atoms with Crippen LogP contribution in [-0.2, 0) is 0 Å². The Hall–Kier alpha value is -0.0800. The lowest BCUT2D eigenvalue weighted by Crippen LogP contribution is -2.36. The fraction of sp³-hybridized carbons (Fsp3) is 1.00. The van der Waals surface area contributed by atoms with E-state index in [4.69, 9.17) is 0 Å². The first-order valence-corrected chi connectivity index (χ1v) is 3.97. The maximum Gasteiger partial charge on any atom is 0.0593 e. The van der Waals surface area contributed by atoms with Crippen molar-refractivity contribution in [2.45, 2.75) is 38.9 Å². The Morgan fingerprint density at radius 3 is 1.80 bits per heavy atom. The minimum Gasteiger partial charge on any atom is -0.393 e. The molecule has 2 nitrogen and oxygen atoms in total. The molecule has 2 heteroatoms. The van der Waals surface area contributed by atoms with Crippen LogP contribution < -0.4 is 0 Å². The van der Waals surface area contributed by atoms with E-state index >= 15 is 0 Å². The van der Waals surface area contributed by atoms with Crippen LogP contribution in [0.25, 0.3) is 0 Å². The lowest BCUT2D eigenvalue weighted by molar-refractivity contribution is -0.0237. The molecule has 0 aromatic rings. The number of aliphatic hydroxyl groups excluding tert-OH is 2. The number of rotatable bonds is 0. The van der Waals surface area contributed by atoms with Gasteiger partial charge in [0.25, 0.3) is 0 Å². The SMILES string of the molecule is C[C@@H]1CC(O)C[C@@H](C)C1O. The van der Waals surface area contributed by atoms with Gasteiger partial charge in [0.15, 0.2) is 0 Å². The van der Waals surface area contributed by atoms with E-state index in [1.165, 1.54) is 0 Å². The highest BCUT2D eigenvalue weighted by Crippen LogP contribution is 2.28. The summed E-state index contributed by atoms with van der Waals surface area (Å²) in [7, 11) is 0. The van der Waals surface area contributed by atoms with E-state index in [1.54, 1.807) is 0 Å². The minimum atomic E-state index is -0.205. The Bertz CT molecular complexity index is 102. The number of hydrogen-bond donors (Lipinski definition) is 2.